The highest BCUT2D eigenvalue weighted by atomic mass is 16.2. The monoisotopic (exact) mass is 308 g/mol. The van der Waals surface area contributed by atoms with Crippen molar-refractivity contribution in [3.05, 3.63) is 0 Å². The zero-order chi connectivity index (χ0) is 15.4. The number of carbonyl (C=O) groups excluding carboxylic acids is 1. The van der Waals surface area contributed by atoms with E-state index in [0.29, 0.717) is 18.4 Å². The second-order valence-electron chi connectivity index (χ2n) is 7.02. The third kappa shape index (κ3) is 3.81. The molecular formula is C17H32N4O. The molecule has 3 heterocycles. The molecule has 0 bridgehead atoms. The van der Waals surface area contributed by atoms with E-state index in [2.05, 4.69) is 20.0 Å². The van der Waals surface area contributed by atoms with E-state index in [1.54, 1.807) is 0 Å². The van der Waals surface area contributed by atoms with Gasteiger partial charge in [0.2, 0.25) is 5.91 Å². The smallest absolute Gasteiger partial charge is 0.222 e. The van der Waals surface area contributed by atoms with Gasteiger partial charge in [0.1, 0.15) is 0 Å². The Kier molecular flexibility index (Phi) is 5.71. The number of amides is 1. The Bertz CT molecular complexity index is 354. The molecular weight excluding hydrogens is 276 g/mol. The lowest BCUT2D eigenvalue weighted by Gasteiger charge is -2.44. The number of nitrogens with zero attached hydrogens (tertiary/aromatic N) is 3. The molecule has 0 aliphatic carbocycles. The first-order valence-electron chi connectivity index (χ1n) is 9.24. The molecule has 5 nitrogen and oxygen atoms in total. The number of hydrogen-bond acceptors (Lipinski definition) is 4. The molecule has 0 aromatic carbocycles. The summed E-state index contributed by atoms with van der Waals surface area (Å²) in [5.74, 6) is 0.330. The minimum atomic E-state index is 0.330. The average Bonchev–Trinajstić information content (AvgIpc) is 2.62. The number of likely N-dealkylation sites (tertiary alicyclic amines) is 2. The zero-order valence-corrected chi connectivity index (χ0v) is 14.1. The van der Waals surface area contributed by atoms with Crippen molar-refractivity contribution in [2.24, 2.45) is 0 Å². The van der Waals surface area contributed by atoms with E-state index in [1.807, 2.05) is 6.92 Å². The molecule has 3 rings (SSSR count). The van der Waals surface area contributed by atoms with Gasteiger partial charge in [-0.2, -0.15) is 0 Å². The fraction of sp³-hybridized carbons (Fsp3) is 0.941. The summed E-state index contributed by atoms with van der Waals surface area (Å²) in [7, 11) is 0. The van der Waals surface area contributed by atoms with Gasteiger partial charge in [0, 0.05) is 57.8 Å². The number of carbonyl (C=O) groups is 1. The van der Waals surface area contributed by atoms with Crippen LogP contribution in [-0.2, 0) is 4.79 Å². The van der Waals surface area contributed by atoms with Crippen LogP contribution in [0.1, 0.15) is 39.0 Å². The van der Waals surface area contributed by atoms with Crippen molar-refractivity contribution < 1.29 is 4.79 Å². The number of piperidine rings is 2. The number of piperazine rings is 1. The maximum absolute atomic E-state index is 11.8. The molecule has 0 radical (unpaired) electrons. The molecule has 0 atom stereocenters. The lowest BCUT2D eigenvalue weighted by molar-refractivity contribution is -0.132. The van der Waals surface area contributed by atoms with Crippen molar-refractivity contribution in [3.8, 4) is 0 Å². The highest BCUT2D eigenvalue weighted by Crippen LogP contribution is 2.23. The fourth-order valence-corrected chi connectivity index (χ4v) is 4.37. The summed E-state index contributed by atoms with van der Waals surface area (Å²) in [5.41, 5.74) is 0. The average molecular weight is 308 g/mol. The minimum absolute atomic E-state index is 0.330. The lowest BCUT2D eigenvalue weighted by Crippen LogP contribution is -2.54. The van der Waals surface area contributed by atoms with E-state index in [9.17, 15) is 4.79 Å². The van der Waals surface area contributed by atoms with E-state index in [4.69, 9.17) is 0 Å². The molecule has 5 heteroatoms. The second kappa shape index (κ2) is 7.75. The first kappa shape index (κ1) is 16.2. The lowest BCUT2D eigenvalue weighted by atomic mass is 9.96. The normalized spacial score (nSPS) is 27.2. The van der Waals surface area contributed by atoms with Gasteiger partial charge in [-0.05, 0) is 38.8 Å². The fourth-order valence-electron chi connectivity index (χ4n) is 4.37. The van der Waals surface area contributed by atoms with Gasteiger partial charge in [0.15, 0.2) is 0 Å². The van der Waals surface area contributed by atoms with E-state index < -0.39 is 0 Å². The molecule has 0 spiro atoms. The van der Waals surface area contributed by atoms with Crippen molar-refractivity contribution in [2.45, 2.75) is 51.1 Å². The van der Waals surface area contributed by atoms with E-state index in [0.717, 1.165) is 32.2 Å². The Labute approximate surface area is 135 Å². The van der Waals surface area contributed by atoms with Crippen LogP contribution in [0.25, 0.3) is 0 Å². The maximum atomic E-state index is 11.8. The highest BCUT2D eigenvalue weighted by molar-refractivity contribution is 5.75. The number of hydrogen-bond donors (Lipinski definition) is 1. The molecule has 1 amide bonds. The summed E-state index contributed by atoms with van der Waals surface area (Å²) in [6.07, 6.45) is 5.65. The molecule has 3 aliphatic heterocycles. The van der Waals surface area contributed by atoms with E-state index >= 15 is 0 Å². The van der Waals surface area contributed by atoms with E-state index in [-0.39, 0.29) is 0 Å². The summed E-state index contributed by atoms with van der Waals surface area (Å²) in [4.78, 5) is 19.2. The molecule has 0 aromatic heterocycles. The van der Waals surface area contributed by atoms with Crippen molar-refractivity contribution >= 4 is 5.91 Å². The number of nitrogens with one attached hydrogen (secondary N) is 1. The Morgan fingerprint density at radius 2 is 1.36 bits per heavy atom. The number of rotatable bonds is 3. The third-order valence-corrected chi connectivity index (χ3v) is 5.80. The summed E-state index contributed by atoms with van der Waals surface area (Å²) in [5, 5.41) is 3.45. The molecule has 3 aliphatic rings. The van der Waals surface area contributed by atoms with E-state index in [1.165, 1.54) is 51.9 Å². The van der Waals surface area contributed by atoms with Crippen molar-refractivity contribution in [2.75, 3.05) is 52.4 Å². The highest BCUT2D eigenvalue weighted by Gasteiger charge is 2.31. The van der Waals surface area contributed by atoms with Crippen LogP contribution in [0.2, 0.25) is 0 Å². The molecule has 0 saturated carbocycles. The summed E-state index contributed by atoms with van der Waals surface area (Å²) < 4.78 is 0. The summed E-state index contributed by atoms with van der Waals surface area (Å²) >= 11 is 0. The topological polar surface area (TPSA) is 38.8 Å². The molecule has 0 aromatic rings. The molecule has 3 saturated heterocycles. The van der Waals surface area contributed by atoms with Gasteiger partial charge in [0.25, 0.3) is 0 Å². The summed E-state index contributed by atoms with van der Waals surface area (Å²) in [6, 6.07) is 1.52. The van der Waals surface area contributed by atoms with Crippen LogP contribution in [0.5, 0.6) is 0 Å². The Morgan fingerprint density at radius 3 is 1.91 bits per heavy atom. The van der Waals surface area contributed by atoms with Crippen molar-refractivity contribution in [1.29, 1.82) is 0 Å². The Balaban J connectivity index is 1.41. The predicted octanol–water partition coefficient (Wildman–Crippen LogP) is 0.757. The van der Waals surface area contributed by atoms with Gasteiger partial charge in [-0.25, -0.2) is 0 Å². The first-order valence-corrected chi connectivity index (χ1v) is 9.24. The van der Waals surface area contributed by atoms with Crippen LogP contribution >= 0.6 is 0 Å². The SMILES string of the molecule is CCC(=O)N1CCC(N2CCC(N3CCNCC3)CC2)CC1. The largest absolute Gasteiger partial charge is 0.343 e. The second-order valence-corrected chi connectivity index (χ2v) is 7.02. The molecule has 3 fully saturated rings. The van der Waals surface area contributed by atoms with Gasteiger partial charge in [-0.3, -0.25) is 9.69 Å². The van der Waals surface area contributed by atoms with Crippen LogP contribution in [-0.4, -0.2) is 85.0 Å². The Hall–Kier alpha value is -0.650. The quantitative estimate of drug-likeness (QED) is 0.835. The van der Waals surface area contributed by atoms with Crippen LogP contribution in [0.3, 0.4) is 0 Å². The molecule has 1 N–H and O–H groups in total. The van der Waals surface area contributed by atoms with Gasteiger partial charge in [-0.15, -0.1) is 0 Å². The zero-order valence-electron chi connectivity index (χ0n) is 14.1. The minimum Gasteiger partial charge on any atom is -0.343 e. The maximum Gasteiger partial charge on any atom is 0.222 e. The van der Waals surface area contributed by atoms with Gasteiger partial charge >= 0.3 is 0 Å². The van der Waals surface area contributed by atoms with Gasteiger partial charge in [-0.1, -0.05) is 6.92 Å². The van der Waals surface area contributed by atoms with Crippen LogP contribution in [0, 0.1) is 0 Å². The van der Waals surface area contributed by atoms with Gasteiger partial charge in [0.05, 0.1) is 0 Å². The Morgan fingerprint density at radius 1 is 0.864 bits per heavy atom. The predicted molar refractivity (Wildman–Crippen MR) is 88.9 cm³/mol. The first-order chi connectivity index (χ1) is 10.8. The standard InChI is InChI=1S/C17H32N4O/c1-2-17(22)21-11-5-15(6-12-21)19-9-3-16(4-10-19)20-13-7-18-8-14-20/h15-16,18H,2-14H2,1H3. The molecule has 22 heavy (non-hydrogen) atoms. The van der Waals surface area contributed by atoms with Crippen molar-refractivity contribution in [3.63, 3.8) is 0 Å². The third-order valence-electron chi connectivity index (χ3n) is 5.80. The van der Waals surface area contributed by atoms with Gasteiger partial charge < -0.3 is 15.1 Å². The van der Waals surface area contributed by atoms with Crippen LogP contribution in [0.15, 0.2) is 0 Å². The van der Waals surface area contributed by atoms with Crippen LogP contribution in [0.4, 0.5) is 0 Å². The van der Waals surface area contributed by atoms with Crippen LogP contribution < -0.4 is 5.32 Å². The summed E-state index contributed by atoms with van der Waals surface area (Å²) in [6.45, 7) is 11.2. The van der Waals surface area contributed by atoms with Crippen molar-refractivity contribution in [1.82, 2.24) is 20.0 Å². The molecule has 126 valence electrons. The molecule has 0 unspecified atom stereocenters.